The molecular formula is C31H30N4O9. The van der Waals surface area contributed by atoms with E-state index in [-0.39, 0.29) is 24.3 Å². The summed E-state index contributed by atoms with van der Waals surface area (Å²) < 4.78 is 25.2. The van der Waals surface area contributed by atoms with Crippen LogP contribution in [0.3, 0.4) is 0 Å². The van der Waals surface area contributed by atoms with Crippen molar-refractivity contribution in [2.24, 2.45) is 0 Å². The van der Waals surface area contributed by atoms with Crippen molar-refractivity contribution < 1.29 is 33.5 Å². The van der Waals surface area contributed by atoms with Gasteiger partial charge in [-0.05, 0) is 59.7 Å². The molecule has 6 rings (SSSR count). The van der Waals surface area contributed by atoms with E-state index in [9.17, 15) is 24.5 Å². The summed E-state index contributed by atoms with van der Waals surface area (Å²) in [5, 5.41) is 13.7. The van der Waals surface area contributed by atoms with Crippen LogP contribution in [0.2, 0.25) is 0 Å². The number of nitro groups is 1. The van der Waals surface area contributed by atoms with Gasteiger partial charge in [0.1, 0.15) is 30.9 Å². The standard InChI is InChI=1S/C31H30N4O9/c1-5-31(44-17-43-30(2,3)25-13-32-29(35(39)40)34(25)15-26(36)41-4)23-12-24-21-11-19-9-7-6-8-18(19)10-20(21)14-33(24)27(37)22(23)16-42-28(31)38/h6-13H,5,14-17H2,1-4H3. The first-order valence-electron chi connectivity index (χ1n) is 14.0. The number of hydrogen-bond acceptors (Lipinski definition) is 10. The molecule has 13 nitrogen and oxygen atoms in total. The van der Waals surface area contributed by atoms with Crippen LogP contribution in [0.1, 0.15) is 49.6 Å². The summed E-state index contributed by atoms with van der Waals surface area (Å²) in [6, 6.07) is 13.9. The number of cyclic esters (lactones) is 1. The third-order valence-corrected chi connectivity index (χ3v) is 8.44. The van der Waals surface area contributed by atoms with Crippen molar-refractivity contribution in [2.75, 3.05) is 13.9 Å². The zero-order valence-corrected chi connectivity index (χ0v) is 24.6. The Labute approximate surface area is 251 Å². The van der Waals surface area contributed by atoms with Gasteiger partial charge in [0, 0.05) is 11.1 Å². The molecule has 4 aromatic rings. The van der Waals surface area contributed by atoms with Gasteiger partial charge in [0.15, 0.2) is 12.1 Å². The molecule has 0 amide bonds. The number of rotatable bonds is 9. The van der Waals surface area contributed by atoms with Crippen molar-refractivity contribution >= 4 is 28.7 Å². The highest BCUT2D eigenvalue weighted by Gasteiger charge is 2.48. The molecular weight excluding hydrogens is 572 g/mol. The Kier molecular flexibility index (Phi) is 7.09. The van der Waals surface area contributed by atoms with E-state index in [4.69, 9.17) is 14.2 Å². The lowest BCUT2D eigenvalue weighted by Gasteiger charge is -2.37. The molecule has 228 valence electrons. The zero-order chi connectivity index (χ0) is 31.4. The fraction of sp³-hybridized carbons (Fsp3) is 0.355. The number of esters is 2. The highest BCUT2D eigenvalue weighted by molar-refractivity contribution is 5.90. The molecule has 0 saturated carbocycles. The van der Waals surface area contributed by atoms with Crippen molar-refractivity contribution in [2.45, 2.75) is 58.1 Å². The van der Waals surface area contributed by atoms with Gasteiger partial charge in [-0.25, -0.2) is 14.2 Å². The minimum Gasteiger partial charge on any atom is -0.467 e. The Balaban J connectivity index is 1.34. The molecule has 2 aromatic heterocycles. The van der Waals surface area contributed by atoms with Crippen molar-refractivity contribution in [1.29, 1.82) is 0 Å². The van der Waals surface area contributed by atoms with Crippen LogP contribution in [0, 0.1) is 10.1 Å². The fourth-order valence-corrected chi connectivity index (χ4v) is 6.03. The molecule has 1 unspecified atom stereocenters. The number of carbonyl (C=O) groups is 2. The number of hydrogen-bond donors (Lipinski definition) is 0. The maximum Gasteiger partial charge on any atom is 0.435 e. The minimum atomic E-state index is -1.64. The molecule has 0 N–H and O–H groups in total. The number of pyridine rings is 1. The van der Waals surface area contributed by atoms with Gasteiger partial charge < -0.3 is 33.6 Å². The van der Waals surface area contributed by atoms with Gasteiger partial charge in [-0.15, -0.1) is 0 Å². The average molecular weight is 603 g/mol. The number of imidazole rings is 1. The molecule has 44 heavy (non-hydrogen) atoms. The van der Waals surface area contributed by atoms with E-state index in [1.165, 1.54) is 13.3 Å². The highest BCUT2D eigenvalue weighted by atomic mass is 16.7. The topological polar surface area (TPSA) is 154 Å². The Morgan fingerprint density at radius 3 is 2.59 bits per heavy atom. The lowest BCUT2D eigenvalue weighted by Crippen LogP contribution is -2.47. The van der Waals surface area contributed by atoms with Gasteiger partial charge in [-0.1, -0.05) is 36.2 Å². The number of nitrogens with zero attached hydrogens (tertiary/aromatic N) is 4. The van der Waals surface area contributed by atoms with E-state index in [1.807, 2.05) is 36.4 Å². The fourth-order valence-electron chi connectivity index (χ4n) is 6.03. The largest absolute Gasteiger partial charge is 0.467 e. The first kappa shape index (κ1) is 29.2. The summed E-state index contributed by atoms with van der Waals surface area (Å²) in [7, 11) is 1.17. The number of aromatic nitrogens is 3. The van der Waals surface area contributed by atoms with Crippen LogP contribution in [0.4, 0.5) is 5.95 Å². The van der Waals surface area contributed by atoms with Crippen LogP contribution in [0.25, 0.3) is 22.0 Å². The number of fused-ring (bicyclic) bond motifs is 5. The number of benzene rings is 2. The first-order valence-corrected chi connectivity index (χ1v) is 14.0. The molecule has 0 aliphatic carbocycles. The molecule has 0 radical (unpaired) electrons. The normalized spacial score (nSPS) is 17.1. The molecule has 4 heterocycles. The van der Waals surface area contributed by atoms with E-state index in [0.717, 1.165) is 26.5 Å². The first-order chi connectivity index (χ1) is 21.0. The molecule has 1 atom stereocenters. The molecule has 0 spiro atoms. The van der Waals surface area contributed by atoms with Crippen molar-refractivity contribution in [3.63, 3.8) is 0 Å². The van der Waals surface area contributed by atoms with Gasteiger partial charge >= 0.3 is 17.9 Å². The smallest absolute Gasteiger partial charge is 0.435 e. The predicted molar refractivity (Wildman–Crippen MR) is 155 cm³/mol. The summed E-state index contributed by atoms with van der Waals surface area (Å²) in [6.07, 6.45) is 1.38. The Hall–Kier alpha value is -4.88. The van der Waals surface area contributed by atoms with E-state index in [1.54, 1.807) is 25.3 Å². The molecule has 13 heteroatoms. The summed E-state index contributed by atoms with van der Waals surface area (Å²) in [6.45, 7) is 4.31. The molecule has 0 bridgehead atoms. The maximum absolute atomic E-state index is 13.8. The molecule has 0 fully saturated rings. The van der Waals surface area contributed by atoms with E-state index < -0.39 is 47.4 Å². The average Bonchev–Trinajstić information content (AvgIpc) is 3.59. The Bertz CT molecular complexity index is 1910. The Morgan fingerprint density at radius 1 is 1.18 bits per heavy atom. The lowest BCUT2D eigenvalue weighted by molar-refractivity contribution is -0.396. The molecule has 2 aliphatic rings. The zero-order valence-electron chi connectivity index (χ0n) is 24.6. The lowest BCUT2D eigenvalue weighted by atomic mass is 9.85. The van der Waals surface area contributed by atoms with E-state index in [2.05, 4.69) is 15.8 Å². The monoisotopic (exact) mass is 602 g/mol. The van der Waals surface area contributed by atoms with Gasteiger partial charge in [-0.2, -0.15) is 0 Å². The van der Waals surface area contributed by atoms with Crippen LogP contribution in [0.5, 0.6) is 0 Å². The van der Waals surface area contributed by atoms with Gasteiger partial charge in [-0.3, -0.25) is 4.79 Å². The van der Waals surface area contributed by atoms with Gasteiger partial charge in [0.2, 0.25) is 0 Å². The predicted octanol–water partition coefficient (Wildman–Crippen LogP) is 3.90. The molecule has 0 saturated heterocycles. The minimum absolute atomic E-state index is 0.141. The second-order valence-electron chi connectivity index (χ2n) is 11.2. The summed E-state index contributed by atoms with van der Waals surface area (Å²) in [5.41, 5.74) is 0.402. The number of methoxy groups -OCH3 is 1. The third-order valence-electron chi connectivity index (χ3n) is 8.44. The highest BCUT2D eigenvalue weighted by Crippen LogP contribution is 2.42. The second kappa shape index (κ2) is 10.7. The maximum atomic E-state index is 13.8. The van der Waals surface area contributed by atoms with E-state index in [0.29, 0.717) is 23.4 Å². The number of carbonyl (C=O) groups excluding carboxylic acids is 2. The molecule has 2 aromatic carbocycles. The Morgan fingerprint density at radius 2 is 1.91 bits per heavy atom. The van der Waals surface area contributed by atoms with Crippen LogP contribution in [-0.4, -0.2) is 44.9 Å². The van der Waals surface area contributed by atoms with Gasteiger partial charge in [0.25, 0.3) is 5.56 Å². The van der Waals surface area contributed by atoms with Gasteiger partial charge in [0.05, 0.1) is 24.9 Å². The summed E-state index contributed by atoms with van der Waals surface area (Å²) >= 11 is 0. The number of ether oxygens (including phenoxy) is 4. The van der Waals surface area contributed by atoms with Crippen molar-refractivity contribution in [3.05, 3.63) is 91.5 Å². The third kappa shape index (κ3) is 4.55. The summed E-state index contributed by atoms with van der Waals surface area (Å²) in [4.78, 5) is 53.9. The molecule has 2 aliphatic heterocycles. The van der Waals surface area contributed by atoms with Crippen LogP contribution in [0.15, 0.2) is 53.5 Å². The van der Waals surface area contributed by atoms with Crippen LogP contribution < -0.4 is 5.56 Å². The van der Waals surface area contributed by atoms with E-state index >= 15 is 0 Å². The van der Waals surface area contributed by atoms with Crippen molar-refractivity contribution in [1.82, 2.24) is 14.1 Å². The second-order valence-corrected chi connectivity index (χ2v) is 11.2. The van der Waals surface area contributed by atoms with Crippen LogP contribution in [-0.2, 0) is 59.4 Å². The van der Waals surface area contributed by atoms with Crippen molar-refractivity contribution in [3.8, 4) is 11.3 Å². The SMILES string of the molecule is CCC1(OCOC(C)(C)c2cnc([N+](=O)[O-])n2CC(=O)OC)C(=O)OCc2c1cc1n(c2=O)Cc2cc3ccccc3cc2-1. The summed E-state index contributed by atoms with van der Waals surface area (Å²) in [5.74, 6) is -1.92. The quantitative estimate of drug-likeness (QED) is 0.105. The van der Waals surface area contributed by atoms with Crippen LogP contribution >= 0.6 is 0 Å².